The number of hydrogen-bond acceptors (Lipinski definition) is 1. The third-order valence-corrected chi connectivity index (χ3v) is 1.27. The predicted molar refractivity (Wildman–Crippen MR) is 41.8 cm³/mol. The molecule has 10 heavy (non-hydrogen) atoms. The average Bonchev–Trinajstić information content (AvgIpc) is 1.88. The molecule has 0 amide bonds. The normalized spacial score (nSPS) is 8.80. The molecule has 0 aromatic carbocycles. The highest BCUT2D eigenvalue weighted by Gasteiger charge is 1.90. The molecule has 0 atom stereocenters. The van der Waals surface area contributed by atoms with Gasteiger partial charge in [-0.3, -0.25) is 0 Å². The average molecular weight is 152 g/mol. The Labute approximate surface area is 65.0 Å². The molecule has 1 nitrogen and oxygen atoms in total. The van der Waals surface area contributed by atoms with Crippen LogP contribution in [0.1, 0.15) is 5.69 Å². The van der Waals surface area contributed by atoms with E-state index in [0.717, 1.165) is 5.69 Å². The third kappa shape index (κ3) is 1.75. The van der Waals surface area contributed by atoms with Gasteiger partial charge >= 0.3 is 0 Å². The van der Waals surface area contributed by atoms with Crippen molar-refractivity contribution in [3.63, 3.8) is 0 Å². The minimum atomic E-state index is 0.493. The van der Waals surface area contributed by atoms with E-state index in [4.69, 9.17) is 18.0 Å². The summed E-state index contributed by atoms with van der Waals surface area (Å²) in [4.78, 5) is 3.99. The Balaban J connectivity index is 2.87. The lowest BCUT2D eigenvalue weighted by Crippen LogP contribution is -1.85. The summed E-state index contributed by atoms with van der Waals surface area (Å²) in [7, 11) is 0. The molecule has 0 aliphatic carbocycles. The van der Waals surface area contributed by atoms with E-state index in [1.165, 1.54) is 0 Å². The first-order valence-corrected chi connectivity index (χ1v) is 3.25. The number of pyridine rings is 1. The Morgan fingerprint density at radius 2 is 2.40 bits per heavy atom. The number of halogens is 1. The van der Waals surface area contributed by atoms with Gasteiger partial charge in [-0.1, -0.05) is 17.7 Å². The van der Waals surface area contributed by atoms with Crippen molar-refractivity contribution in [3.05, 3.63) is 29.0 Å². The zero-order valence-corrected chi connectivity index (χ0v) is 6.10. The van der Waals surface area contributed by atoms with Crippen LogP contribution in [-0.2, 0) is 6.42 Å². The highest BCUT2D eigenvalue weighted by Crippen LogP contribution is 2.04. The van der Waals surface area contributed by atoms with Gasteiger partial charge < -0.3 is 0 Å². The number of terminal acetylenes is 1. The summed E-state index contributed by atoms with van der Waals surface area (Å²) in [5.41, 5.74) is 0.843. The Kier molecular flexibility index (Phi) is 2.30. The predicted octanol–water partition coefficient (Wildman–Crippen LogP) is 1.91. The highest BCUT2D eigenvalue weighted by molar-refractivity contribution is 6.29. The van der Waals surface area contributed by atoms with Crippen LogP contribution in [0.2, 0.25) is 5.15 Å². The van der Waals surface area contributed by atoms with Crippen LogP contribution in [0.3, 0.4) is 0 Å². The van der Waals surface area contributed by atoms with Crippen molar-refractivity contribution in [2.24, 2.45) is 0 Å². The first-order valence-electron chi connectivity index (χ1n) is 2.88. The SMILES string of the molecule is C#CCc1cccc(Cl)n1. The van der Waals surface area contributed by atoms with Gasteiger partial charge in [0.05, 0.1) is 12.1 Å². The first-order chi connectivity index (χ1) is 4.83. The second kappa shape index (κ2) is 3.24. The van der Waals surface area contributed by atoms with Gasteiger partial charge in [-0.15, -0.1) is 12.3 Å². The fourth-order valence-corrected chi connectivity index (χ4v) is 0.835. The summed E-state index contributed by atoms with van der Waals surface area (Å²) in [6, 6.07) is 5.41. The molecule has 0 saturated heterocycles. The zero-order chi connectivity index (χ0) is 7.40. The summed E-state index contributed by atoms with van der Waals surface area (Å²) >= 11 is 5.60. The van der Waals surface area contributed by atoms with Gasteiger partial charge in [-0.25, -0.2) is 4.98 Å². The van der Waals surface area contributed by atoms with E-state index in [0.29, 0.717) is 11.6 Å². The lowest BCUT2D eigenvalue weighted by molar-refractivity contribution is 1.13. The van der Waals surface area contributed by atoms with Gasteiger partial charge in [0.15, 0.2) is 0 Å². The van der Waals surface area contributed by atoms with Crippen LogP contribution in [0.25, 0.3) is 0 Å². The van der Waals surface area contributed by atoms with Gasteiger partial charge in [-0.2, -0.15) is 0 Å². The Morgan fingerprint density at radius 1 is 1.60 bits per heavy atom. The maximum atomic E-state index is 5.60. The van der Waals surface area contributed by atoms with Crippen LogP contribution in [0, 0.1) is 12.3 Å². The molecule has 1 aromatic heterocycles. The maximum Gasteiger partial charge on any atom is 0.129 e. The van der Waals surface area contributed by atoms with E-state index >= 15 is 0 Å². The van der Waals surface area contributed by atoms with Gasteiger partial charge in [-0.05, 0) is 12.1 Å². The van der Waals surface area contributed by atoms with Crippen LogP contribution in [0.15, 0.2) is 18.2 Å². The van der Waals surface area contributed by atoms with Crippen LogP contribution in [0.4, 0.5) is 0 Å². The van der Waals surface area contributed by atoms with Crippen molar-refractivity contribution in [2.75, 3.05) is 0 Å². The molecule has 0 spiro atoms. The van der Waals surface area contributed by atoms with Gasteiger partial charge in [0.2, 0.25) is 0 Å². The molecule has 0 bridgehead atoms. The van der Waals surface area contributed by atoms with E-state index in [1.807, 2.05) is 12.1 Å². The summed E-state index contributed by atoms with van der Waals surface area (Å²) in [5, 5.41) is 0.493. The van der Waals surface area contributed by atoms with E-state index in [2.05, 4.69) is 10.9 Å². The second-order valence-corrected chi connectivity index (χ2v) is 2.22. The quantitative estimate of drug-likeness (QED) is 0.442. The summed E-state index contributed by atoms with van der Waals surface area (Å²) in [6.45, 7) is 0. The van der Waals surface area contributed by atoms with Gasteiger partial charge in [0, 0.05) is 0 Å². The van der Waals surface area contributed by atoms with E-state index in [1.54, 1.807) is 6.07 Å². The standard InChI is InChI=1S/C8H6ClN/c1-2-4-7-5-3-6-8(9)10-7/h1,3,5-6H,4H2. The van der Waals surface area contributed by atoms with Gasteiger partial charge in [0.25, 0.3) is 0 Å². The molecular weight excluding hydrogens is 146 g/mol. The number of aromatic nitrogens is 1. The largest absolute Gasteiger partial charge is 0.240 e. The molecule has 50 valence electrons. The van der Waals surface area contributed by atoms with Crippen LogP contribution >= 0.6 is 11.6 Å². The minimum Gasteiger partial charge on any atom is -0.240 e. The van der Waals surface area contributed by atoms with Crippen molar-refractivity contribution in [1.82, 2.24) is 4.98 Å². The van der Waals surface area contributed by atoms with Gasteiger partial charge in [0.1, 0.15) is 5.15 Å². The maximum absolute atomic E-state index is 5.60. The first kappa shape index (κ1) is 7.11. The number of nitrogens with zero attached hydrogens (tertiary/aromatic N) is 1. The molecule has 2 heteroatoms. The number of rotatable bonds is 1. The molecule has 1 aromatic rings. The highest BCUT2D eigenvalue weighted by atomic mass is 35.5. The topological polar surface area (TPSA) is 12.9 Å². The van der Waals surface area contributed by atoms with E-state index in [-0.39, 0.29) is 0 Å². The monoisotopic (exact) mass is 151 g/mol. The fourth-order valence-electron chi connectivity index (χ4n) is 0.653. The molecular formula is C8H6ClN. The van der Waals surface area contributed by atoms with Crippen LogP contribution in [-0.4, -0.2) is 4.98 Å². The molecule has 0 radical (unpaired) electrons. The van der Waals surface area contributed by atoms with Crippen molar-refractivity contribution in [2.45, 2.75) is 6.42 Å². The summed E-state index contributed by atoms with van der Waals surface area (Å²) in [6.07, 6.45) is 5.62. The smallest absolute Gasteiger partial charge is 0.129 e. The van der Waals surface area contributed by atoms with E-state index in [9.17, 15) is 0 Å². The second-order valence-electron chi connectivity index (χ2n) is 1.83. The van der Waals surface area contributed by atoms with Crippen molar-refractivity contribution in [1.29, 1.82) is 0 Å². The Morgan fingerprint density at radius 3 is 3.00 bits per heavy atom. The molecule has 0 aliphatic rings. The zero-order valence-electron chi connectivity index (χ0n) is 5.34. The summed E-state index contributed by atoms with van der Waals surface area (Å²) < 4.78 is 0. The molecule has 1 rings (SSSR count). The number of hydrogen-bond donors (Lipinski definition) is 0. The van der Waals surface area contributed by atoms with Crippen LogP contribution < -0.4 is 0 Å². The van der Waals surface area contributed by atoms with E-state index < -0.39 is 0 Å². The van der Waals surface area contributed by atoms with Crippen molar-refractivity contribution in [3.8, 4) is 12.3 Å². The molecule has 0 N–H and O–H groups in total. The fraction of sp³-hybridized carbons (Fsp3) is 0.125. The molecule has 0 saturated carbocycles. The lowest BCUT2D eigenvalue weighted by Gasteiger charge is -1.92. The summed E-state index contributed by atoms with van der Waals surface area (Å²) in [5.74, 6) is 2.49. The van der Waals surface area contributed by atoms with Crippen molar-refractivity contribution < 1.29 is 0 Å². The Bertz CT molecular complexity index is 262. The third-order valence-electron chi connectivity index (χ3n) is 1.06. The molecule has 0 fully saturated rings. The molecule has 0 unspecified atom stereocenters. The van der Waals surface area contributed by atoms with Crippen molar-refractivity contribution >= 4 is 11.6 Å². The Hall–Kier alpha value is -1.00. The molecule has 1 heterocycles. The minimum absolute atomic E-state index is 0.493. The molecule has 0 aliphatic heterocycles. The van der Waals surface area contributed by atoms with Crippen LogP contribution in [0.5, 0.6) is 0 Å². The lowest BCUT2D eigenvalue weighted by atomic mass is 10.3.